The largest absolute Gasteiger partial charge is 0.255 e. The molecule has 0 saturated carbocycles. The molecule has 7 heteroatoms. The van der Waals surface area contributed by atoms with E-state index in [1.165, 1.54) is 4.09 Å². The van der Waals surface area contributed by atoms with Crippen LogP contribution in [0.5, 0.6) is 0 Å². The van der Waals surface area contributed by atoms with Crippen LogP contribution in [0.4, 0.5) is 0 Å². The van der Waals surface area contributed by atoms with Crippen LogP contribution >= 0.6 is 11.6 Å². The van der Waals surface area contributed by atoms with Gasteiger partial charge in [-0.25, -0.2) is 9.19 Å². The van der Waals surface area contributed by atoms with Gasteiger partial charge in [0.05, 0.1) is 11.9 Å². The van der Waals surface area contributed by atoms with Gasteiger partial charge in [0.2, 0.25) is 0 Å². The molecule has 0 N–H and O–H groups in total. The minimum absolute atomic E-state index is 0.327. The van der Waals surface area contributed by atoms with E-state index in [0.29, 0.717) is 11.1 Å². The van der Waals surface area contributed by atoms with Crippen molar-refractivity contribution in [2.24, 2.45) is 0 Å². The first kappa shape index (κ1) is 15.1. The summed E-state index contributed by atoms with van der Waals surface area (Å²) < 4.78 is 12.9. The Kier molecular flexibility index (Phi) is 3.97. The van der Waals surface area contributed by atoms with E-state index in [1.54, 1.807) is 24.8 Å². The van der Waals surface area contributed by atoms with E-state index >= 15 is 0 Å². The Morgan fingerprint density at radius 2 is 1.95 bits per heavy atom. The topological polar surface area (TPSA) is 60.7 Å². The molecular formula is C15H15ClN4OS. The van der Waals surface area contributed by atoms with Gasteiger partial charge in [0.1, 0.15) is 16.1 Å². The van der Waals surface area contributed by atoms with Gasteiger partial charge < -0.3 is 0 Å². The second-order valence-electron chi connectivity index (χ2n) is 5.32. The Bertz CT molecular complexity index is 875. The van der Waals surface area contributed by atoms with Gasteiger partial charge in [0, 0.05) is 35.8 Å². The normalized spacial score (nSPS) is 13.0. The minimum atomic E-state index is -1.19. The maximum atomic E-state index is 11.5. The summed E-state index contributed by atoms with van der Waals surface area (Å²) in [6, 6.07) is 1.86. The van der Waals surface area contributed by atoms with Gasteiger partial charge >= 0.3 is 0 Å². The van der Waals surface area contributed by atoms with Crippen molar-refractivity contribution in [2.75, 3.05) is 6.26 Å². The number of aromatic nitrogens is 4. The Hall–Kier alpha value is -1.79. The Labute approximate surface area is 135 Å². The second-order valence-corrected chi connectivity index (χ2v) is 6.93. The highest BCUT2D eigenvalue weighted by Gasteiger charge is 2.14. The van der Waals surface area contributed by atoms with Crippen LogP contribution in [-0.4, -0.2) is 29.6 Å². The summed E-state index contributed by atoms with van der Waals surface area (Å²) >= 11 is 6.05. The highest BCUT2D eigenvalue weighted by atomic mass is 35.5. The van der Waals surface area contributed by atoms with E-state index in [1.807, 2.05) is 12.3 Å². The molecule has 22 heavy (non-hydrogen) atoms. The lowest BCUT2D eigenvalue weighted by Gasteiger charge is -2.12. The summed E-state index contributed by atoms with van der Waals surface area (Å²) in [4.78, 5) is 8.74. The van der Waals surface area contributed by atoms with Crippen molar-refractivity contribution in [1.29, 1.82) is 0 Å². The molecule has 0 aliphatic heterocycles. The summed E-state index contributed by atoms with van der Waals surface area (Å²) in [6.07, 6.45) is 8.55. The maximum Gasteiger partial charge on any atom is 0.136 e. The number of pyridine rings is 2. The van der Waals surface area contributed by atoms with Crippen LogP contribution in [0.2, 0.25) is 5.15 Å². The summed E-state index contributed by atoms with van der Waals surface area (Å²) in [5.41, 5.74) is 2.69. The van der Waals surface area contributed by atoms with Gasteiger partial charge in [-0.3, -0.25) is 4.98 Å². The number of fused-ring (bicyclic) bond motifs is 1. The van der Waals surface area contributed by atoms with Crippen LogP contribution in [0.1, 0.15) is 25.3 Å². The van der Waals surface area contributed by atoms with Crippen LogP contribution in [0, 0.1) is 0 Å². The molecule has 0 fully saturated rings. The SMILES string of the molecule is CC(C)c1cnc(-c2cnn(S(C)=O)c2)c2cnc(Cl)cc12. The average molecular weight is 335 g/mol. The molecule has 0 saturated heterocycles. The minimum Gasteiger partial charge on any atom is -0.255 e. The van der Waals surface area contributed by atoms with Crippen LogP contribution in [0.3, 0.4) is 0 Å². The summed E-state index contributed by atoms with van der Waals surface area (Å²) in [7, 11) is -1.19. The predicted molar refractivity (Wildman–Crippen MR) is 89.3 cm³/mol. The van der Waals surface area contributed by atoms with E-state index in [0.717, 1.165) is 27.6 Å². The zero-order valence-electron chi connectivity index (χ0n) is 12.4. The molecule has 0 aliphatic carbocycles. The molecule has 0 aliphatic rings. The highest BCUT2D eigenvalue weighted by Crippen LogP contribution is 2.32. The number of hydrogen-bond acceptors (Lipinski definition) is 4. The van der Waals surface area contributed by atoms with E-state index in [4.69, 9.17) is 11.6 Å². The Balaban J connectivity index is 2.26. The summed E-state index contributed by atoms with van der Waals surface area (Å²) in [6.45, 7) is 4.23. The molecule has 0 bridgehead atoms. The monoisotopic (exact) mass is 334 g/mol. The van der Waals surface area contributed by atoms with Crippen molar-refractivity contribution in [3.8, 4) is 11.3 Å². The molecule has 3 rings (SSSR count). The van der Waals surface area contributed by atoms with E-state index in [-0.39, 0.29) is 0 Å². The smallest absolute Gasteiger partial charge is 0.136 e. The molecule has 1 unspecified atom stereocenters. The van der Waals surface area contributed by atoms with Crippen molar-refractivity contribution in [2.45, 2.75) is 19.8 Å². The quantitative estimate of drug-likeness (QED) is 0.689. The van der Waals surface area contributed by atoms with Gasteiger partial charge in [-0.05, 0) is 22.9 Å². The van der Waals surface area contributed by atoms with E-state index < -0.39 is 11.0 Å². The van der Waals surface area contributed by atoms with Crippen LogP contribution in [0.15, 0.2) is 30.9 Å². The third-order valence-corrected chi connectivity index (χ3v) is 4.42. The molecule has 3 aromatic rings. The summed E-state index contributed by atoms with van der Waals surface area (Å²) in [5, 5.41) is 6.51. The zero-order valence-corrected chi connectivity index (χ0v) is 14.0. The molecule has 0 amide bonds. The highest BCUT2D eigenvalue weighted by molar-refractivity contribution is 7.82. The lowest BCUT2D eigenvalue weighted by Crippen LogP contribution is -2.01. The van der Waals surface area contributed by atoms with E-state index in [9.17, 15) is 4.21 Å². The zero-order chi connectivity index (χ0) is 15.9. The van der Waals surface area contributed by atoms with Gasteiger partial charge in [-0.2, -0.15) is 9.19 Å². The second kappa shape index (κ2) is 5.78. The lowest BCUT2D eigenvalue weighted by atomic mass is 9.97. The first-order valence-corrected chi connectivity index (χ1v) is 8.69. The molecule has 5 nitrogen and oxygen atoms in total. The Morgan fingerprint density at radius 1 is 1.18 bits per heavy atom. The third-order valence-electron chi connectivity index (χ3n) is 3.49. The third kappa shape index (κ3) is 2.64. The number of halogens is 1. The molecule has 114 valence electrons. The molecule has 0 radical (unpaired) electrons. The first-order valence-electron chi connectivity index (χ1n) is 6.80. The number of rotatable bonds is 3. The van der Waals surface area contributed by atoms with Crippen molar-refractivity contribution in [1.82, 2.24) is 19.2 Å². The predicted octanol–water partition coefficient (Wildman–Crippen LogP) is 3.41. The fourth-order valence-electron chi connectivity index (χ4n) is 2.39. The molecule has 3 heterocycles. The van der Waals surface area contributed by atoms with E-state index in [2.05, 4.69) is 28.9 Å². The summed E-state index contributed by atoms with van der Waals surface area (Å²) in [5.74, 6) is 0.327. The van der Waals surface area contributed by atoms with Gasteiger partial charge in [0.25, 0.3) is 0 Å². The average Bonchev–Trinajstić information content (AvgIpc) is 2.95. The van der Waals surface area contributed by atoms with Crippen molar-refractivity contribution in [3.63, 3.8) is 0 Å². The molecule has 0 spiro atoms. The Morgan fingerprint density at radius 3 is 2.59 bits per heavy atom. The van der Waals surface area contributed by atoms with Crippen molar-refractivity contribution in [3.05, 3.63) is 41.6 Å². The molecule has 3 aromatic heterocycles. The number of hydrogen-bond donors (Lipinski definition) is 0. The van der Waals surface area contributed by atoms with Gasteiger partial charge in [-0.15, -0.1) is 0 Å². The lowest BCUT2D eigenvalue weighted by molar-refractivity contribution is 0.675. The van der Waals surface area contributed by atoms with Gasteiger partial charge in [-0.1, -0.05) is 25.4 Å². The standard InChI is InChI=1S/C15H15ClN4OS/c1-9(2)12-6-18-15(10-5-19-20(8-10)22(3)21)13-7-17-14(16)4-11(12)13/h4-9H,1-3H3. The van der Waals surface area contributed by atoms with Crippen LogP contribution < -0.4 is 0 Å². The van der Waals surface area contributed by atoms with Crippen molar-refractivity contribution >= 4 is 33.4 Å². The number of nitrogens with zero attached hydrogens (tertiary/aromatic N) is 4. The molecule has 1 atom stereocenters. The maximum absolute atomic E-state index is 11.5. The van der Waals surface area contributed by atoms with Crippen molar-refractivity contribution < 1.29 is 4.21 Å². The first-order chi connectivity index (χ1) is 10.5. The van der Waals surface area contributed by atoms with Gasteiger partial charge in [0.15, 0.2) is 0 Å². The molecule has 0 aromatic carbocycles. The van der Waals surface area contributed by atoms with Crippen LogP contribution in [-0.2, 0) is 11.0 Å². The fourth-order valence-corrected chi connectivity index (χ4v) is 2.99. The fraction of sp³-hybridized carbons (Fsp3) is 0.267. The molecular weight excluding hydrogens is 320 g/mol. The van der Waals surface area contributed by atoms with Crippen LogP contribution in [0.25, 0.3) is 22.0 Å².